The first-order valence-electron chi connectivity index (χ1n) is 11.2. The van der Waals surface area contributed by atoms with E-state index < -0.39 is 67.3 Å². The maximum atomic E-state index is 15.3. The molecule has 1 aliphatic heterocycles. The summed E-state index contributed by atoms with van der Waals surface area (Å²) in [6.45, 7) is 5.31. The number of ether oxygens (including phenoxy) is 2. The van der Waals surface area contributed by atoms with Gasteiger partial charge in [-0.2, -0.15) is 5.09 Å². The van der Waals surface area contributed by atoms with Crippen molar-refractivity contribution in [1.29, 1.82) is 0 Å². The molecule has 2 aromatic rings. The summed E-state index contributed by atoms with van der Waals surface area (Å²) in [6, 6.07) is 6.75. The second kappa shape index (κ2) is 11.5. The van der Waals surface area contributed by atoms with Crippen LogP contribution in [-0.2, 0) is 23.4 Å². The van der Waals surface area contributed by atoms with Gasteiger partial charge in [-0.1, -0.05) is 29.8 Å². The van der Waals surface area contributed by atoms with E-state index in [0.29, 0.717) is 4.57 Å². The number of alkyl halides is 2. The number of para-hydroxylation sites is 1. The van der Waals surface area contributed by atoms with Gasteiger partial charge in [0.25, 0.3) is 10.7 Å². The fourth-order valence-corrected chi connectivity index (χ4v) is 5.17. The number of aromatic nitrogens is 2. The van der Waals surface area contributed by atoms with Crippen LogP contribution in [0, 0.1) is 6.92 Å². The summed E-state index contributed by atoms with van der Waals surface area (Å²) in [6.07, 6.45) is -4.84. The van der Waals surface area contributed by atoms with Crippen LogP contribution in [-0.4, -0.2) is 56.7 Å². The Morgan fingerprint density at radius 3 is 2.59 bits per heavy atom. The molecule has 15 heteroatoms. The predicted octanol–water partition coefficient (Wildman–Crippen LogP) is 2.14. The Morgan fingerprint density at radius 2 is 1.97 bits per heavy atom. The SMILES string of the molecule is Cc1cn([C@@H]2O[C@H](CO[P@](=O)(N[C@@H](C)C(=O)OC(C)C)Oc3ccccc3)[C@@H](O)[C@]2(F)Cl)c(=O)[nH]c1=O. The molecule has 1 aromatic carbocycles. The van der Waals surface area contributed by atoms with Crippen LogP contribution in [0.1, 0.15) is 32.6 Å². The first-order chi connectivity index (χ1) is 17.2. The third-order valence-corrected chi connectivity index (χ3v) is 7.27. The molecule has 12 nitrogen and oxygen atoms in total. The van der Waals surface area contributed by atoms with Crippen LogP contribution in [0.15, 0.2) is 46.1 Å². The van der Waals surface area contributed by atoms with E-state index in [2.05, 4.69) is 5.09 Å². The van der Waals surface area contributed by atoms with E-state index in [9.17, 15) is 24.1 Å². The maximum absolute atomic E-state index is 15.3. The Hall–Kier alpha value is -2.54. The van der Waals surface area contributed by atoms with Crippen LogP contribution in [0.5, 0.6) is 5.75 Å². The van der Waals surface area contributed by atoms with Crippen LogP contribution < -0.4 is 20.9 Å². The monoisotopic (exact) mass is 563 g/mol. The predicted molar refractivity (Wildman–Crippen MR) is 130 cm³/mol. The molecular weight excluding hydrogens is 536 g/mol. The average Bonchev–Trinajstić information content (AvgIpc) is 3.03. The van der Waals surface area contributed by atoms with Crippen molar-refractivity contribution in [1.82, 2.24) is 14.6 Å². The molecule has 0 unspecified atom stereocenters. The van der Waals surface area contributed by atoms with Crippen molar-refractivity contribution in [3.8, 4) is 5.75 Å². The van der Waals surface area contributed by atoms with E-state index in [1.165, 1.54) is 26.0 Å². The molecule has 3 N–H and O–H groups in total. The summed E-state index contributed by atoms with van der Waals surface area (Å²) in [4.78, 5) is 38.2. The average molecular weight is 564 g/mol. The maximum Gasteiger partial charge on any atom is 0.459 e. The minimum absolute atomic E-state index is 0.0667. The fourth-order valence-electron chi connectivity index (χ4n) is 3.37. The molecule has 37 heavy (non-hydrogen) atoms. The van der Waals surface area contributed by atoms with E-state index >= 15 is 4.39 Å². The zero-order valence-corrected chi connectivity index (χ0v) is 22.1. The van der Waals surface area contributed by atoms with Crippen molar-refractivity contribution in [3.05, 3.63) is 62.9 Å². The van der Waals surface area contributed by atoms with Crippen LogP contribution >= 0.6 is 19.3 Å². The molecule has 1 aliphatic rings. The largest absolute Gasteiger partial charge is 0.462 e. The zero-order valence-electron chi connectivity index (χ0n) is 20.4. The number of rotatable bonds is 10. The molecule has 2 heterocycles. The number of esters is 1. The number of aromatic amines is 1. The van der Waals surface area contributed by atoms with Gasteiger partial charge in [0.2, 0.25) is 0 Å². The molecule has 0 aliphatic carbocycles. The summed E-state index contributed by atoms with van der Waals surface area (Å²) in [5.41, 5.74) is -1.64. The van der Waals surface area contributed by atoms with Gasteiger partial charge < -0.3 is 19.1 Å². The molecule has 1 fully saturated rings. The number of H-pyrrole nitrogens is 1. The molecule has 0 bridgehead atoms. The first kappa shape index (κ1) is 29.0. The van der Waals surface area contributed by atoms with E-state index in [1.54, 1.807) is 32.0 Å². The lowest BCUT2D eigenvalue weighted by Crippen LogP contribution is -2.42. The Bertz CT molecular complexity index is 1270. The van der Waals surface area contributed by atoms with Gasteiger partial charge in [-0.15, -0.1) is 0 Å². The number of hydrogen-bond donors (Lipinski definition) is 3. The fraction of sp³-hybridized carbons (Fsp3) is 0.500. The van der Waals surface area contributed by atoms with E-state index in [0.717, 1.165) is 6.20 Å². The highest BCUT2D eigenvalue weighted by Crippen LogP contribution is 2.48. The number of carbonyl (C=O) groups excluding carboxylic acids is 1. The van der Waals surface area contributed by atoms with Crippen LogP contribution in [0.4, 0.5) is 4.39 Å². The van der Waals surface area contributed by atoms with Crippen molar-refractivity contribution in [2.45, 2.75) is 63.4 Å². The van der Waals surface area contributed by atoms with Gasteiger partial charge in [0.1, 0.15) is 24.0 Å². The zero-order chi connectivity index (χ0) is 27.5. The van der Waals surface area contributed by atoms with Crippen molar-refractivity contribution < 1.29 is 37.4 Å². The van der Waals surface area contributed by atoms with Gasteiger partial charge in [-0.3, -0.25) is 23.7 Å². The summed E-state index contributed by atoms with van der Waals surface area (Å²) >= 11 is 5.91. The lowest BCUT2D eigenvalue weighted by Gasteiger charge is -2.25. The smallest absolute Gasteiger partial charge is 0.459 e. The van der Waals surface area contributed by atoms with Gasteiger partial charge in [-0.05, 0) is 39.8 Å². The molecule has 1 saturated heterocycles. The highest BCUT2D eigenvalue weighted by molar-refractivity contribution is 7.52. The van der Waals surface area contributed by atoms with Crippen molar-refractivity contribution in [2.24, 2.45) is 0 Å². The standard InChI is InChI=1S/C22H28ClFN3O9P/c1-12(2)34-19(30)14(4)26-37(32,36-15-8-6-5-7-9-15)33-11-16-17(28)22(23,24)20(35-16)27-10-13(3)18(29)25-21(27)31/h5-10,12,14,16-17,20,28H,11H2,1-4H3,(H,26,32)(H,25,29,31)/t14-,16+,17+,20+,22+,37+/m0/s1. The summed E-state index contributed by atoms with van der Waals surface area (Å²) < 4.78 is 51.1. The molecule has 0 spiro atoms. The Balaban J connectivity index is 1.82. The third-order valence-electron chi connectivity index (χ3n) is 5.21. The number of carbonyl (C=O) groups is 1. The van der Waals surface area contributed by atoms with Gasteiger partial charge >= 0.3 is 19.4 Å². The van der Waals surface area contributed by atoms with Crippen LogP contribution in [0.25, 0.3) is 0 Å². The lowest BCUT2D eigenvalue weighted by atomic mass is 10.1. The van der Waals surface area contributed by atoms with Crippen molar-refractivity contribution in [2.75, 3.05) is 6.61 Å². The van der Waals surface area contributed by atoms with Gasteiger partial charge in [0.05, 0.1) is 12.7 Å². The molecule has 6 atom stereocenters. The minimum Gasteiger partial charge on any atom is -0.462 e. The number of benzene rings is 1. The summed E-state index contributed by atoms with van der Waals surface area (Å²) in [7, 11) is -4.35. The first-order valence-corrected chi connectivity index (χ1v) is 13.2. The lowest BCUT2D eigenvalue weighted by molar-refractivity contribution is -0.149. The molecular formula is C22H28ClFN3O9P. The van der Waals surface area contributed by atoms with Crippen LogP contribution in [0.3, 0.4) is 0 Å². The number of nitrogens with one attached hydrogen (secondary N) is 2. The summed E-state index contributed by atoms with van der Waals surface area (Å²) in [5.74, 6) is -0.606. The van der Waals surface area contributed by atoms with Gasteiger partial charge in [0.15, 0.2) is 6.23 Å². The minimum atomic E-state index is -4.35. The molecule has 1 aromatic heterocycles. The molecule has 0 amide bonds. The van der Waals surface area contributed by atoms with Crippen molar-refractivity contribution in [3.63, 3.8) is 0 Å². The van der Waals surface area contributed by atoms with Crippen molar-refractivity contribution >= 4 is 25.3 Å². The topological polar surface area (TPSA) is 158 Å². The normalized spacial score (nSPS) is 26.0. The number of hydrogen-bond acceptors (Lipinski definition) is 9. The van der Waals surface area contributed by atoms with Gasteiger partial charge in [0, 0.05) is 11.8 Å². The quantitative estimate of drug-likeness (QED) is 0.222. The number of aliphatic hydroxyl groups is 1. The van der Waals surface area contributed by atoms with Gasteiger partial charge in [-0.25, -0.2) is 13.8 Å². The molecule has 3 rings (SSSR count). The second-order valence-corrected chi connectivity index (χ2v) is 10.9. The molecule has 0 radical (unpaired) electrons. The molecule has 204 valence electrons. The van der Waals surface area contributed by atoms with Crippen LogP contribution in [0.2, 0.25) is 0 Å². The second-order valence-electron chi connectivity index (χ2n) is 8.66. The number of halogens is 2. The van der Waals surface area contributed by atoms with E-state index in [-0.39, 0.29) is 11.3 Å². The number of aliphatic hydroxyl groups excluding tert-OH is 1. The third kappa shape index (κ3) is 6.86. The van der Waals surface area contributed by atoms with E-state index in [4.69, 9.17) is 30.1 Å². The Kier molecular flexibility index (Phi) is 8.99. The van der Waals surface area contributed by atoms with E-state index in [1.807, 2.05) is 4.98 Å². The Morgan fingerprint density at radius 1 is 1.32 bits per heavy atom. The highest BCUT2D eigenvalue weighted by atomic mass is 35.5. The molecule has 0 saturated carbocycles. The number of nitrogens with zero attached hydrogens (tertiary/aromatic N) is 1. The number of aryl methyl sites for hydroxylation is 1. The summed E-state index contributed by atoms with van der Waals surface area (Å²) in [5, 5.41) is 9.93. The Labute approximate surface area is 216 Å². The highest BCUT2D eigenvalue weighted by Gasteiger charge is 2.58.